The lowest BCUT2D eigenvalue weighted by atomic mass is 9.87. The number of rotatable bonds is 3. The van der Waals surface area contributed by atoms with Crippen LogP contribution in [0.1, 0.15) is 49.8 Å². The number of hydrogen-bond donors (Lipinski definition) is 2. The zero-order valence-electron chi connectivity index (χ0n) is 19.1. The normalized spacial score (nSPS) is 20.4. The van der Waals surface area contributed by atoms with E-state index in [-0.39, 0.29) is 0 Å². The lowest BCUT2D eigenvalue weighted by molar-refractivity contribution is 0.140. The smallest absolute Gasteiger partial charge is 0.407 e. The molecule has 174 valence electrons. The summed E-state index contributed by atoms with van der Waals surface area (Å²) in [4.78, 5) is 31.1. The van der Waals surface area contributed by atoms with Crippen molar-refractivity contribution in [2.45, 2.75) is 51.6 Å². The predicted molar refractivity (Wildman–Crippen MR) is 129 cm³/mol. The average molecular weight is 458 g/mol. The molecule has 0 bridgehead atoms. The van der Waals surface area contributed by atoms with Crippen LogP contribution in [0, 0.1) is 5.92 Å². The van der Waals surface area contributed by atoms with Crippen LogP contribution in [0.2, 0.25) is 0 Å². The first-order chi connectivity index (χ1) is 16.6. The quantitative estimate of drug-likeness (QED) is 0.450. The van der Waals surface area contributed by atoms with E-state index in [0.29, 0.717) is 37.3 Å². The molecule has 2 N–H and O–H groups in total. The Kier molecular flexibility index (Phi) is 5.04. The van der Waals surface area contributed by atoms with Crippen molar-refractivity contribution in [2.75, 3.05) is 11.9 Å². The van der Waals surface area contributed by atoms with Crippen LogP contribution in [0.15, 0.2) is 36.9 Å². The number of nitrogens with one attached hydrogen (secondary N) is 1. The van der Waals surface area contributed by atoms with E-state index in [1.165, 1.54) is 17.7 Å². The molecular weight excluding hydrogens is 430 g/mol. The molecule has 34 heavy (non-hydrogen) atoms. The molecule has 1 amide bonds. The van der Waals surface area contributed by atoms with E-state index in [0.717, 1.165) is 51.8 Å². The average Bonchev–Trinajstić information content (AvgIpc) is 3.18. The van der Waals surface area contributed by atoms with Gasteiger partial charge in [0.05, 0.1) is 18.3 Å². The second-order valence-electron chi connectivity index (χ2n) is 9.52. The van der Waals surface area contributed by atoms with Crippen molar-refractivity contribution in [3.8, 4) is 0 Å². The molecule has 0 atom stereocenters. The number of carboxylic acid groups (broad SMARTS) is 1. The first kappa shape index (κ1) is 20.8. The summed E-state index contributed by atoms with van der Waals surface area (Å²) in [5, 5.41) is 14.7. The largest absolute Gasteiger partial charge is 0.465 e. The van der Waals surface area contributed by atoms with Gasteiger partial charge in [-0.3, -0.25) is 4.98 Å². The SMILES string of the molecule is CC1CCC(n2c3cnccc3c3cnc(Nc4cc5c(cn4)CN(C(=O)O)CC5)nc32)CC1. The summed E-state index contributed by atoms with van der Waals surface area (Å²) < 4.78 is 2.36. The molecule has 1 saturated carbocycles. The third-order valence-corrected chi connectivity index (χ3v) is 7.30. The molecule has 0 aromatic carbocycles. The van der Waals surface area contributed by atoms with E-state index in [1.54, 1.807) is 6.20 Å². The summed E-state index contributed by atoms with van der Waals surface area (Å²) in [7, 11) is 0. The fourth-order valence-electron chi connectivity index (χ4n) is 5.38. The molecule has 0 saturated heterocycles. The molecule has 4 aromatic rings. The van der Waals surface area contributed by atoms with Crippen molar-refractivity contribution in [1.82, 2.24) is 29.4 Å². The molecule has 0 spiro atoms. The van der Waals surface area contributed by atoms with Gasteiger partial charge in [-0.05, 0) is 61.3 Å². The Labute approximate surface area is 196 Å². The molecule has 4 aromatic heterocycles. The molecule has 9 heteroatoms. The highest BCUT2D eigenvalue weighted by Crippen LogP contribution is 2.38. The number of pyridine rings is 2. The van der Waals surface area contributed by atoms with Gasteiger partial charge in [-0.1, -0.05) is 6.92 Å². The van der Waals surface area contributed by atoms with Gasteiger partial charge >= 0.3 is 6.09 Å². The maximum Gasteiger partial charge on any atom is 0.407 e. The fraction of sp³-hybridized carbons (Fsp3) is 0.400. The van der Waals surface area contributed by atoms with Crippen LogP contribution >= 0.6 is 0 Å². The molecule has 1 fully saturated rings. The first-order valence-corrected chi connectivity index (χ1v) is 11.9. The monoisotopic (exact) mass is 457 g/mol. The van der Waals surface area contributed by atoms with E-state index in [4.69, 9.17) is 4.98 Å². The highest BCUT2D eigenvalue weighted by Gasteiger charge is 2.25. The second-order valence-corrected chi connectivity index (χ2v) is 9.52. The van der Waals surface area contributed by atoms with Crippen LogP contribution in [0.25, 0.3) is 21.9 Å². The second kappa shape index (κ2) is 8.23. The maximum absolute atomic E-state index is 11.3. The van der Waals surface area contributed by atoms with Crippen LogP contribution in [0.5, 0.6) is 0 Å². The minimum absolute atomic E-state index is 0.370. The van der Waals surface area contributed by atoms with Crippen LogP contribution in [-0.4, -0.2) is 47.1 Å². The minimum Gasteiger partial charge on any atom is -0.465 e. The number of carbonyl (C=O) groups is 1. The van der Waals surface area contributed by atoms with Crippen LogP contribution in [0.4, 0.5) is 16.6 Å². The summed E-state index contributed by atoms with van der Waals surface area (Å²) in [6.07, 6.45) is 11.9. The van der Waals surface area contributed by atoms with Gasteiger partial charge in [0.25, 0.3) is 0 Å². The minimum atomic E-state index is -0.896. The van der Waals surface area contributed by atoms with Crippen molar-refractivity contribution in [3.05, 3.63) is 48.0 Å². The molecule has 2 aliphatic rings. The Hall–Kier alpha value is -3.75. The number of hydrogen-bond acceptors (Lipinski definition) is 6. The van der Waals surface area contributed by atoms with Crippen molar-refractivity contribution in [3.63, 3.8) is 0 Å². The van der Waals surface area contributed by atoms with E-state index in [9.17, 15) is 9.90 Å². The highest BCUT2D eigenvalue weighted by atomic mass is 16.4. The number of amides is 1. The summed E-state index contributed by atoms with van der Waals surface area (Å²) in [6, 6.07) is 4.42. The van der Waals surface area contributed by atoms with E-state index in [2.05, 4.69) is 31.8 Å². The standard InChI is InChI=1S/C25H27N7O2/c1-15-2-4-18(5-3-15)32-21-13-26-8-6-19(21)20-12-28-24(30-23(20)32)29-22-10-16-7-9-31(25(33)34)14-17(16)11-27-22/h6,8,10-13,15,18H,2-5,7,9,14H2,1H3,(H,33,34)(H,27,28,29,30). The van der Waals surface area contributed by atoms with Gasteiger partial charge in [-0.2, -0.15) is 4.98 Å². The van der Waals surface area contributed by atoms with Crippen molar-refractivity contribution in [1.29, 1.82) is 0 Å². The number of aromatic nitrogens is 5. The Morgan fingerprint density at radius 3 is 2.76 bits per heavy atom. The van der Waals surface area contributed by atoms with Gasteiger partial charge < -0.3 is 19.9 Å². The Bertz CT molecular complexity index is 1390. The van der Waals surface area contributed by atoms with Crippen molar-refractivity contribution < 1.29 is 9.90 Å². The maximum atomic E-state index is 11.3. The lowest BCUT2D eigenvalue weighted by Crippen LogP contribution is -2.34. The third-order valence-electron chi connectivity index (χ3n) is 7.30. The molecule has 0 unspecified atom stereocenters. The van der Waals surface area contributed by atoms with Crippen molar-refractivity contribution >= 4 is 39.8 Å². The van der Waals surface area contributed by atoms with Gasteiger partial charge in [0.2, 0.25) is 5.95 Å². The summed E-state index contributed by atoms with van der Waals surface area (Å²) in [5.74, 6) is 1.94. The van der Waals surface area contributed by atoms with Gasteiger partial charge in [0, 0.05) is 41.9 Å². The first-order valence-electron chi connectivity index (χ1n) is 11.9. The van der Waals surface area contributed by atoms with Gasteiger partial charge in [-0.15, -0.1) is 0 Å². The summed E-state index contributed by atoms with van der Waals surface area (Å²) >= 11 is 0. The molecule has 1 aliphatic heterocycles. The zero-order chi connectivity index (χ0) is 23.2. The van der Waals surface area contributed by atoms with Gasteiger partial charge in [0.1, 0.15) is 11.5 Å². The van der Waals surface area contributed by atoms with Crippen molar-refractivity contribution in [2.24, 2.45) is 5.92 Å². The van der Waals surface area contributed by atoms with Gasteiger partial charge in [0.15, 0.2) is 0 Å². The lowest BCUT2D eigenvalue weighted by Gasteiger charge is -2.28. The Morgan fingerprint density at radius 1 is 1.09 bits per heavy atom. The molecule has 9 nitrogen and oxygen atoms in total. The number of fused-ring (bicyclic) bond motifs is 4. The summed E-state index contributed by atoms with van der Waals surface area (Å²) in [5.41, 5.74) is 4.08. The predicted octanol–water partition coefficient (Wildman–Crippen LogP) is 4.91. The molecule has 0 radical (unpaired) electrons. The Morgan fingerprint density at radius 2 is 1.94 bits per heavy atom. The number of nitrogens with zero attached hydrogens (tertiary/aromatic N) is 6. The molecule has 6 rings (SSSR count). The van der Waals surface area contributed by atoms with Crippen LogP contribution in [0.3, 0.4) is 0 Å². The van der Waals surface area contributed by atoms with E-state index >= 15 is 0 Å². The topological polar surface area (TPSA) is 109 Å². The molecule has 1 aliphatic carbocycles. The van der Waals surface area contributed by atoms with Crippen LogP contribution in [-0.2, 0) is 13.0 Å². The summed E-state index contributed by atoms with van der Waals surface area (Å²) in [6.45, 7) is 3.19. The van der Waals surface area contributed by atoms with E-state index in [1.807, 2.05) is 30.7 Å². The number of anilines is 2. The van der Waals surface area contributed by atoms with Crippen LogP contribution < -0.4 is 5.32 Å². The fourth-order valence-corrected chi connectivity index (χ4v) is 5.38. The highest BCUT2D eigenvalue weighted by molar-refractivity contribution is 6.06. The van der Waals surface area contributed by atoms with E-state index < -0.39 is 6.09 Å². The van der Waals surface area contributed by atoms with Gasteiger partial charge in [-0.25, -0.2) is 14.8 Å². The molecule has 5 heterocycles. The third kappa shape index (κ3) is 3.61. The zero-order valence-corrected chi connectivity index (χ0v) is 19.1. The molecular formula is C25H27N7O2. The Balaban J connectivity index is 1.35.